The third kappa shape index (κ3) is 4.67. The van der Waals surface area contributed by atoms with E-state index < -0.39 is 0 Å². The van der Waals surface area contributed by atoms with Crippen LogP contribution in [0.2, 0.25) is 0 Å². The standard InChI is InChI=1S/C17H22N4O2/c1-12(2)23-14-7-5-6-13(10-14)11-21(4)16-9-8-15(19-20-16)17(22)18-3/h5-10,12H,11H2,1-4H3,(H,18,22). The lowest BCUT2D eigenvalue weighted by Crippen LogP contribution is -2.22. The summed E-state index contributed by atoms with van der Waals surface area (Å²) < 4.78 is 5.71. The summed E-state index contributed by atoms with van der Waals surface area (Å²) in [6.45, 7) is 4.67. The van der Waals surface area contributed by atoms with Crippen molar-refractivity contribution in [3.63, 3.8) is 0 Å². The van der Waals surface area contributed by atoms with Crippen molar-refractivity contribution in [2.45, 2.75) is 26.5 Å². The first-order valence-corrected chi connectivity index (χ1v) is 7.52. The summed E-state index contributed by atoms with van der Waals surface area (Å²) in [4.78, 5) is 13.4. The van der Waals surface area contributed by atoms with E-state index in [2.05, 4.69) is 15.5 Å². The van der Waals surface area contributed by atoms with Crippen molar-refractivity contribution in [3.05, 3.63) is 47.7 Å². The summed E-state index contributed by atoms with van der Waals surface area (Å²) in [5.41, 5.74) is 1.42. The van der Waals surface area contributed by atoms with E-state index in [0.29, 0.717) is 18.1 Å². The number of carbonyl (C=O) groups is 1. The van der Waals surface area contributed by atoms with E-state index in [1.54, 1.807) is 19.2 Å². The summed E-state index contributed by atoms with van der Waals surface area (Å²) in [5, 5.41) is 10.6. The van der Waals surface area contributed by atoms with Crippen molar-refractivity contribution in [2.75, 3.05) is 19.0 Å². The van der Waals surface area contributed by atoms with E-state index in [0.717, 1.165) is 11.3 Å². The predicted octanol–water partition coefficient (Wildman–Crippen LogP) is 2.26. The zero-order chi connectivity index (χ0) is 16.8. The van der Waals surface area contributed by atoms with E-state index in [1.807, 2.05) is 50.1 Å². The van der Waals surface area contributed by atoms with Crippen LogP contribution in [0.3, 0.4) is 0 Å². The largest absolute Gasteiger partial charge is 0.491 e. The van der Waals surface area contributed by atoms with Crippen LogP contribution in [0.25, 0.3) is 0 Å². The number of carbonyl (C=O) groups excluding carboxylic acids is 1. The molecule has 2 aromatic rings. The van der Waals surface area contributed by atoms with E-state index in [9.17, 15) is 4.79 Å². The van der Waals surface area contributed by atoms with E-state index >= 15 is 0 Å². The maximum atomic E-state index is 11.5. The molecule has 1 aromatic carbocycles. The topological polar surface area (TPSA) is 67.4 Å². The van der Waals surface area contributed by atoms with Crippen LogP contribution in [0.4, 0.5) is 5.82 Å². The Morgan fingerprint density at radius 1 is 1.26 bits per heavy atom. The van der Waals surface area contributed by atoms with Crippen LogP contribution >= 0.6 is 0 Å². The second kappa shape index (κ2) is 7.58. The third-order valence-corrected chi connectivity index (χ3v) is 3.19. The van der Waals surface area contributed by atoms with Crippen molar-refractivity contribution in [1.29, 1.82) is 0 Å². The SMILES string of the molecule is CNC(=O)c1ccc(N(C)Cc2cccc(OC(C)C)c2)nn1. The first-order valence-electron chi connectivity index (χ1n) is 7.52. The number of hydrogen-bond donors (Lipinski definition) is 1. The quantitative estimate of drug-likeness (QED) is 0.886. The number of hydrogen-bond acceptors (Lipinski definition) is 5. The Bertz CT molecular complexity index is 656. The first-order chi connectivity index (χ1) is 11.0. The van der Waals surface area contributed by atoms with Crippen LogP contribution in [0.5, 0.6) is 5.75 Å². The summed E-state index contributed by atoms with van der Waals surface area (Å²) in [5.74, 6) is 1.31. The maximum Gasteiger partial charge on any atom is 0.271 e. The van der Waals surface area contributed by atoms with Crippen molar-refractivity contribution in [2.24, 2.45) is 0 Å². The van der Waals surface area contributed by atoms with Gasteiger partial charge in [0.1, 0.15) is 5.75 Å². The van der Waals surface area contributed by atoms with Gasteiger partial charge in [-0.3, -0.25) is 4.79 Å². The monoisotopic (exact) mass is 314 g/mol. The molecule has 2 rings (SSSR count). The summed E-state index contributed by atoms with van der Waals surface area (Å²) >= 11 is 0. The molecule has 1 aromatic heterocycles. The second-order valence-electron chi connectivity index (χ2n) is 5.53. The van der Waals surface area contributed by atoms with Crippen molar-refractivity contribution in [1.82, 2.24) is 15.5 Å². The van der Waals surface area contributed by atoms with Crippen molar-refractivity contribution in [3.8, 4) is 5.75 Å². The number of nitrogens with one attached hydrogen (secondary N) is 1. The lowest BCUT2D eigenvalue weighted by molar-refractivity contribution is 0.0957. The minimum absolute atomic E-state index is 0.145. The lowest BCUT2D eigenvalue weighted by atomic mass is 10.2. The zero-order valence-electron chi connectivity index (χ0n) is 13.9. The van der Waals surface area contributed by atoms with Crippen LogP contribution in [-0.4, -0.2) is 36.3 Å². The molecule has 0 aliphatic carbocycles. The fraction of sp³-hybridized carbons (Fsp3) is 0.353. The Labute approximate surface area is 136 Å². The molecule has 0 fully saturated rings. The van der Waals surface area contributed by atoms with Gasteiger partial charge in [-0.2, -0.15) is 0 Å². The number of aromatic nitrogens is 2. The van der Waals surface area contributed by atoms with Gasteiger partial charge in [0, 0.05) is 20.6 Å². The van der Waals surface area contributed by atoms with Gasteiger partial charge in [-0.15, -0.1) is 10.2 Å². The highest BCUT2D eigenvalue weighted by atomic mass is 16.5. The fourth-order valence-electron chi connectivity index (χ4n) is 2.12. The van der Waals surface area contributed by atoms with Gasteiger partial charge in [0.25, 0.3) is 5.91 Å². The molecule has 6 nitrogen and oxygen atoms in total. The number of benzene rings is 1. The Morgan fingerprint density at radius 3 is 2.65 bits per heavy atom. The molecule has 0 aliphatic heterocycles. The minimum atomic E-state index is -0.245. The molecule has 23 heavy (non-hydrogen) atoms. The molecule has 0 spiro atoms. The van der Waals surface area contributed by atoms with E-state index in [4.69, 9.17) is 4.74 Å². The molecule has 0 saturated carbocycles. The molecular formula is C17H22N4O2. The average molecular weight is 314 g/mol. The van der Waals surface area contributed by atoms with Gasteiger partial charge in [0.2, 0.25) is 0 Å². The number of rotatable bonds is 6. The maximum absolute atomic E-state index is 11.5. The van der Waals surface area contributed by atoms with Gasteiger partial charge in [-0.05, 0) is 43.7 Å². The highest BCUT2D eigenvalue weighted by Gasteiger charge is 2.09. The molecule has 1 amide bonds. The smallest absolute Gasteiger partial charge is 0.271 e. The van der Waals surface area contributed by atoms with Crippen molar-refractivity contribution >= 4 is 11.7 Å². The molecule has 0 saturated heterocycles. The number of anilines is 1. The van der Waals surface area contributed by atoms with Crippen LogP contribution in [0, 0.1) is 0 Å². The predicted molar refractivity (Wildman–Crippen MR) is 89.7 cm³/mol. The summed E-state index contributed by atoms with van der Waals surface area (Å²) in [7, 11) is 3.50. The van der Waals surface area contributed by atoms with Gasteiger partial charge in [0.15, 0.2) is 11.5 Å². The molecule has 122 valence electrons. The molecule has 1 heterocycles. The number of amides is 1. The third-order valence-electron chi connectivity index (χ3n) is 3.19. The number of nitrogens with zero attached hydrogens (tertiary/aromatic N) is 3. The molecule has 6 heteroatoms. The van der Waals surface area contributed by atoms with Gasteiger partial charge in [-0.1, -0.05) is 12.1 Å². The fourth-order valence-corrected chi connectivity index (χ4v) is 2.12. The summed E-state index contributed by atoms with van der Waals surface area (Å²) in [6, 6.07) is 11.4. The van der Waals surface area contributed by atoms with Crippen molar-refractivity contribution < 1.29 is 9.53 Å². The molecule has 0 bridgehead atoms. The molecule has 0 radical (unpaired) electrons. The second-order valence-corrected chi connectivity index (χ2v) is 5.53. The molecular weight excluding hydrogens is 292 g/mol. The van der Waals surface area contributed by atoms with Crippen LogP contribution in [0.15, 0.2) is 36.4 Å². The van der Waals surface area contributed by atoms with Crippen LogP contribution in [-0.2, 0) is 6.54 Å². The Kier molecular flexibility index (Phi) is 5.51. The Morgan fingerprint density at radius 2 is 2.04 bits per heavy atom. The Balaban J connectivity index is 2.06. The normalized spacial score (nSPS) is 10.5. The highest BCUT2D eigenvalue weighted by Crippen LogP contribution is 2.18. The Hall–Kier alpha value is -2.63. The minimum Gasteiger partial charge on any atom is -0.491 e. The molecule has 0 unspecified atom stereocenters. The lowest BCUT2D eigenvalue weighted by Gasteiger charge is -2.18. The van der Waals surface area contributed by atoms with Crippen LogP contribution in [0.1, 0.15) is 29.9 Å². The van der Waals surface area contributed by atoms with Gasteiger partial charge >= 0.3 is 0 Å². The van der Waals surface area contributed by atoms with Gasteiger partial charge in [0.05, 0.1) is 6.10 Å². The van der Waals surface area contributed by atoms with Gasteiger partial charge < -0.3 is 15.0 Å². The zero-order valence-corrected chi connectivity index (χ0v) is 13.9. The van der Waals surface area contributed by atoms with Gasteiger partial charge in [-0.25, -0.2) is 0 Å². The average Bonchev–Trinajstić information content (AvgIpc) is 2.54. The van der Waals surface area contributed by atoms with E-state index in [1.165, 1.54) is 0 Å². The molecule has 0 atom stereocenters. The molecule has 1 N–H and O–H groups in total. The molecule has 0 aliphatic rings. The summed E-state index contributed by atoms with van der Waals surface area (Å²) in [6.07, 6.45) is 0.145. The van der Waals surface area contributed by atoms with E-state index in [-0.39, 0.29) is 12.0 Å². The highest BCUT2D eigenvalue weighted by molar-refractivity contribution is 5.91. The van der Waals surface area contributed by atoms with Crippen LogP contribution < -0.4 is 15.0 Å². The number of ether oxygens (including phenoxy) is 1. The first kappa shape index (κ1) is 16.7.